The predicted molar refractivity (Wildman–Crippen MR) is 141 cm³/mol. The van der Waals surface area contributed by atoms with Crippen molar-refractivity contribution in [3.8, 4) is 0 Å². The third kappa shape index (κ3) is 5.42. The minimum atomic E-state index is -3.51. The van der Waals surface area contributed by atoms with Gasteiger partial charge in [0.05, 0.1) is 24.9 Å². The van der Waals surface area contributed by atoms with Crippen LogP contribution in [0.15, 0.2) is 48.8 Å². The summed E-state index contributed by atoms with van der Waals surface area (Å²) >= 11 is 0. The van der Waals surface area contributed by atoms with Gasteiger partial charge in [0.15, 0.2) is 5.82 Å². The standard InChI is InChI=1S/C24H27FN8O3S/c1-32(37(2,34)35)23-16(4-3-9-26-23)14-27-21-20-19(25)15-28-22(20)31-24(30-21)29-17-5-7-18(8-6-17)33-10-12-36-13-11-33/h3-9,15H,10-14H2,1-2H3,(H3,27,28,29,30,31). The summed E-state index contributed by atoms with van der Waals surface area (Å²) in [6, 6.07) is 11.4. The van der Waals surface area contributed by atoms with Gasteiger partial charge >= 0.3 is 0 Å². The van der Waals surface area contributed by atoms with E-state index in [4.69, 9.17) is 4.74 Å². The fraction of sp³-hybridized carbons (Fsp3) is 0.292. The molecule has 1 aromatic carbocycles. The number of rotatable bonds is 8. The molecule has 4 aromatic rings. The number of nitrogens with one attached hydrogen (secondary N) is 3. The van der Waals surface area contributed by atoms with Crippen LogP contribution in [-0.4, -0.2) is 68.0 Å². The summed E-state index contributed by atoms with van der Waals surface area (Å²) in [6.07, 6.45) is 3.84. The van der Waals surface area contributed by atoms with Crippen LogP contribution >= 0.6 is 0 Å². The molecule has 3 aromatic heterocycles. The Kier molecular flexibility index (Phi) is 6.80. The number of fused-ring (bicyclic) bond motifs is 1. The molecule has 0 aliphatic carbocycles. The van der Waals surface area contributed by atoms with Gasteiger partial charge in [-0.25, -0.2) is 17.8 Å². The summed E-state index contributed by atoms with van der Waals surface area (Å²) < 4.78 is 45.2. The lowest BCUT2D eigenvalue weighted by Crippen LogP contribution is -2.36. The van der Waals surface area contributed by atoms with E-state index in [2.05, 4.69) is 35.5 Å². The van der Waals surface area contributed by atoms with E-state index in [1.165, 1.54) is 19.4 Å². The second-order valence-corrected chi connectivity index (χ2v) is 10.6. The molecule has 1 aliphatic heterocycles. The number of hydrogen-bond acceptors (Lipinski definition) is 9. The van der Waals surface area contributed by atoms with Gasteiger partial charge in [-0.15, -0.1) is 0 Å². The van der Waals surface area contributed by atoms with E-state index in [0.29, 0.717) is 24.4 Å². The first-order valence-electron chi connectivity index (χ1n) is 11.7. The zero-order valence-electron chi connectivity index (χ0n) is 20.4. The molecule has 1 fully saturated rings. The number of sulfonamides is 1. The van der Waals surface area contributed by atoms with Gasteiger partial charge in [-0.2, -0.15) is 9.97 Å². The molecule has 3 N–H and O–H groups in total. The molecule has 13 heteroatoms. The van der Waals surface area contributed by atoms with Crippen molar-refractivity contribution >= 4 is 50.0 Å². The number of morpholine rings is 1. The lowest BCUT2D eigenvalue weighted by atomic mass is 10.2. The molecule has 1 saturated heterocycles. The number of aromatic nitrogens is 4. The number of pyridine rings is 1. The molecule has 0 amide bonds. The van der Waals surface area contributed by atoms with Crippen LogP contribution in [0.5, 0.6) is 0 Å². The molecule has 0 saturated carbocycles. The van der Waals surface area contributed by atoms with Crippen molar-refractivity contribution < 1.29 is 17.5 Å². The molecule has 37 heavy (non-hydrogen) atoms. The van der Waals surface area contributed by atoms with Crippen molar-refractivity contribution in [2.75, 3.05) is 59.4 Å². The Hall–Kier alpha value is -3.97. The zero-order valence-corrected chi connectivity index (χ0v) is 21.2. The fourth-order valence-electron chi connectivity index (χ4n) is 4.07. The first-order valence-corrected chi connectivity index (χ1v) is 13.5. The minimum Gasteiger partial charge on any atom is -0.378 e. The number of hydrogen-bond donors (Lipinski definition) is 3. The molecule has 4 heterocycles. The highest BCUT2D eigenvalue weighted by Crippen LogP contribution is 2.28. The van der Waals surface area contributed by atoms with E-state index in [1.54, 1.807) is 12.1 Å². The molecular formula is C24H27FN8O3S. The molecule has 0 bridgehead atoms. The first kappa shape index (κ1) is 24.7. The van der Waals surface area contributed by atoms with Crippen molar-refractivity contribution in [2.24, 2.45) is 0 Å². The summed E-state index contributed by atoms with van der Waals surface area (Å²) in [6.45, 7) is 3.27. The van der Waals surface area contributed by atoms with Gasteiger partial charge in [0.2, 0.25) is 16.0 Å². The molecule has 1 aliphatic rings. The smallest absolute Gasteiger partial charge is 0.233 e. The molecule has 11 nitrogen and oxygen atoms in total. The molecule has 0 spiro atoms. The van der Waals surface area contributed by atoms with Crippen molar-refractivity contribution in [2.45, 2.75) is 6.54 Å². The Morgan fingerprint density at radius 3 is 2.65 bits per heavy atom. The maximum Gasteiger partial charge on any atom is 0.233 e. The highest BCUT2D eigenvalue weighted by molar-refractivity contribution is 7.92. The Bertz CT molecular complexity index is 1500. The van der Waals surface area contributed by atoms with Crippen LogP contribution < -0.4 is 19.8 Å². The average molecular weight is 527 g/mol. The second kappa shape index (κ2) is 10.2. The third-order valence-corrected chi connectivity index (χ3v) is 7.26. The lowest BCUT2D eigenvalue weighted by Gasteiger charge is -2.28. The molecule has 0 radical (unpaired) electrons. The molecule has 0 unspecified atom stereocenters. The van der Waals surface area contributed by atoms with Gasteiger partial charge in [0.25, 0.3) is 0 Å². The van der Waals surface area contributed by atoms with Crippen LogP contribution in [0.3, 0.4) is 0 Å². The van der Waals surface area contributed by atoms with Crippen LogP contribution in [-0.2, 0) is 21.3 Å². The van der Waals surface area contributed by atoms with Gasteiger partial charge in [-0.1, -0.05) is 6.07 Å². The number of anilines is 5. The van der Waals surface area contributed by atoms with Gasteiger partial charge in [-0.3, -0.25) is 4.31 Å². The number of halogens is 1. The van der Waals surface area contributed by atoms with E-state index in [9.17, 15) is 12.8 Å². The fourth-order valence-corrected chi connectivity index (χ4v) is 4.55. The van der Waals surface area contributed by atoms with Gasteiger partial charge in [-0.05, 0) is 30.3 Å². The van der Waals surface area contributed by atoms with Gasteiger partial charge < -0.3 is 25.3 Å². The number of ether oxygens (including phenoxy) is 1. The quantitative estimate of drug-likeness (QED) is 0.317. The highest BCUT2D eigenvalue weighted by atomic mass is 32.2. The Labute approximate surface area is 213 Å². The SMILES string of the molecule is CN(c1ncccc1CNc1nc(Nc2ccc(N3CCOCC3)cc2)nc2[nH]cc(F)c12)S(C)(=O)=O. The lowest BCUT2D eigenvalue weighted by molar-refractivity contribution is 0.122. The Morgan fingerprint density at radius 1 is 1.16 bits per heavy atom. The summed E-state index contributed by atoms with van der Waals surface area (Å²) in [5, 5.41) is 6.50. The molecular weight excluding hydrogens is 499 g/mol. The average Bonchev–Trinajstić information content (AvgIpc) is 3.28. The molecule has 5 rings (SSSR count). The monoisotopic (exact) mass is 526 g/mol. The zero-order chi connectivity index (χ0) is 26.0. The maximum absolute atomic E-state index is 14.6. The van der Waals surface area contributed by atoms with Gasteiger partial charge in [0.1, 0.15) is 17.3 Å². The van der Waals surface area contributed by atoms with Crippen LogP contribution in [0, 0.1) is 5.82 Å². The summed E-state index contributed by atoms with van der Waals surface area (Å²) in [4.78, 5) is 18.2. The normalized spacial score (nSPS) is 14.1. The number of benzene rings is 1. The largest absolute Gasteiger partial charge is 0.378 e. The molecule has 194 valence electrons. The van der Waals surface area contributed by atoms with Crippen LogP contribution in [0.4, 0.5) is 33.3 Å². The van der Waals surface area contributed by atoms with Crippen LogP contribution in [0.1, 0.15) is 5.56 Å². The van der Waals surface area contributed by atoms with Crippen molar-refractivity contribution in [1.29, 1.82) is 0 Å². The molecule has 0 atom stereocenters. The Morgan fingerprint density at radius 2 is 1.92 bits per heavy atom. The van der Waals surface area contributed by atoms with E-state index in [-0.39, 0.29) is 29.5 Å². The maximum atomic E-state index is 14.6. The number of aromatic amines is 1. The van der Waals surface area contributed by atoms with E-state index >= 15 is 0 Å². The van der Waals surface area contributed by atoms with E-state index < -0.39 is 15.8 Å². The Balaban J connectivity index is 1.39. The van der Waals surface area contributed by atoms with E-state index in [0.717, 1.165) is 35.0 Å². The number of H-pyrrole nitrogens is 1. The second-order valence-electron chi connectivity index (χ2n) is 8.60. The van der Waals surface area contributed by atoms with Crippen molar-refractivity contribution in [1.82, 2.24) is 19.9 Å². The third-order valence-electron chi connectivity index (χ3n) is 6.09. The highest BCUT2D eigenvalue weighted by Gasteiger charge is 2.19. The first-order chi connectivity index (χ1) is 17.8. The topological polar surface area (TPSA) is 128 Å². The predicted octanol–water partition coefficient (Wildman–Crippen LogP) is 3.08. The summed E-state index contributed by atoms with van der Waals surface area (Å²) in [5.41, 5.74) is 2.80. The minimum absolute atomic E-state index is 0.160. The van der Waals surface area contributed by atoms with Crippen molar-refractivity contribution in [3.05, 3.63) is 60.2 Å². The number of nitrogens with zero attached hydrogens (tertiary/aromatic N) is 5. The van der Waals surface area contributed by atoms with Crippen molar-refractivity contribution in [3.63, 3.8) is 0 Å². The summed E-state index contributed by atoms with van der Waals surface area (Å²) in [7, 11) is -2.08. The van der Waals surface area contributed by atoms with Gasteiger partial charge in [0, 0.05) is 56.0 Å². The van der Waals surface area contributed by atoms with E-state index in [1.807, 2.05) is 24.3 Å². The summed E-state index contributed by atoms with van der Waals surface area (Å²) in [5.74, 6) is 0.304. The van der Waals surface area contributed by atoms with Crippen LogP contribution in [0.25, 0.3) is 11.0 Å². The van der Waals surface area contributed by atoms with Crippen LogP contribution in [0.2, 0.25) is 0 Å².